The minimum Gasteiger partial charge on any atom is -0.384 e. The van der Waals surface area contributed by atoms with Crippen molar-refractivity contribution in [2.45, 2.75) is 4.90 Å². The molecule has 0 spiro atoms. The molecular weight excluding hydrogens is 252 g/mol. The number of nitrogens with zero attached hydrogens (tertiary/aromatic N) is 2. The molecule has 0 bridgehead atoms. The summed E-state index contributed by atoms with van der Waals surface area (Å²) in [5.41, 5.74) is 6.23. The van der Waals surface area contributed by atoms with Crippen LogP contribution in [0.15, 0.2) is 35.2 Å². The topological polar surface area (TPSA) is 88.3 Å². The van der Waals surface area contributed by atoms with Crippen molar-refractivity contribution in [2.24, 2.45) is 0 Å². The normalized spacial score (nSPS) is 12.2. The monoisotopic (exact) mass is 266 g/mol. The first-order valence-corrected chi connectivity index (χ1v) is 6.73. The fraction of sp³-hybridized carbons (Fsp3) is 0.182. The van der Waals surface area contributed by atoms with Crippen LogP contribution in [0, 0.1) is 0 Å². The Kier molecular flexibility index (Phi) is 3.20. The highest BCUT2D eigenvalue weighted by atomic mass is 32.2. The lowest BCUT2D eigenvalue weighted by atomic mass is 10.2. The van der Waals surface area contributed by atoms with E-state index in [4.69, 9.17) is 5.73 Å². The van der Waals surface area contributed by atoms with Crippen LogP contribution in [0.5, 0.6) is 0 Å². The Morgan fingerprint density at radius 3 is 2.61 bits per heavy atom. The van der Waals surface area contributed by atoms with Crippen LogP contribution in [-0.4, -0.2) is 32.5 Å². The molecule has 0 aliphatic heterocycles. The number of fused-ring (bicyclic) bond motifs is 1. The number of anilines is 1. The van der Waals surface area contributed by atoms with Crippen molar-refractivity contribution in [1.82, 2.24) is 14.8 Å². The Hall–Kier alpha value is -1.70. The van der Waals surface area contributed by atoms with Crippen molar-refractivity contribution in [2.75, 3.05) is 19.8 Å². The third-order valence-corrected chi connectivity index (χ3v) is 3.78. The van der Waals surface area contributed by atoms with Gasteiger partial charge in [0.05, 0.1) is 10.4 Å². The van der Waals surface area contributed by atoms with Crippen molar-refractivity contribution in [3.05, 3.63) is 30.3 Å². The van der Waals surface area contributed by atoms with E-state index < -0.39 is 10.0 Å². The standard InChI is InChI=1S/C11H14N4O2S/c1-15(2)14-18(16,17)9-4-5-10-8(7-9)3-6-11(12)13-10/h3-7,14H,1-2H3,(H2,12,13). The van der Waals surface area contributed by atoms with Gasteiger partial charge in [-0.2, -0.15) is 0 Å². The summed E-state index contributed by atoms with van der Waals surface area (Å²) >= 11 is 0. The van der Waals surface area contributed by atoms with E-state index in [2.05, 4.69) is 9.82 Å². The number of hydrazine groups is 1. The number of aromatic nitrogens is 1. The maximum Gasteiger partial charge on any atom is 0.253 e. The van der Waals surface area contributed by atoms with E-state index >= 15 is 0 Å². The molecule has 0 aliphatic rings. The molecule has 3 N–H and O–H groups in total. The molecule has 0 atom stereocenters. The van der Waals surface area contributed by atoms with Gasteiger partial charge in [0.15, 0.2) is 0 Å². The van der Waals surface area contributed by atoms with E-state index in [1.807, 2.05) is 0 Å². The largest absolute Gasteiger partial charge is 0.384 e. The number of nitrogens with two attached hydrogens (primary N) is 1. The molecule has 6 nitrogen and oxygen atoms in total. The van der Waals surface area contributed by atoms with Crippen LogP contribution >= 0.6 is 0 Å². The molecule has 18 heavy (non-hydrogen) atoms. The van der Waals surface area contributed by atoms with E-state index in [0.717, 1.165) is 5.39 Å². The van der Waals surface area contributed by atoms with Crippen LogP contribution < -0.4 is 10.6 Å². The first-order valence-electron chi connectivity index (χ1n) is 5.24. The quantitative estimate of drug-likeness (QED) is 0.793. The lowest BCUT2D eigenvalue weighted by Gasteiger charge is -2.12. The molecule has 0 saturated heterocycles. The van der Waals surface area contributed by atoms with E-state index in [9.17, 15) is 8.42 Å². The molecule has 1 aromatic heterocycles. The van der Waals surface area contributed by atoms with Gasteiger partial charge in [-0.15, -0.1) is 4.83 Å². The molecule has 0 saturated carbocycles. The van der Waals surface area contributed by atoms with E-state index in [0.29, 0.717) is 11.3 Å². The number of sulfonamides is 1. The summed E-state index contributed by atoms with van der Waals surface area (Å²) in [7, 11) is -0.320. The molecule has 0 radical (unpaired) electrons. The summed E-state index contributed by atoms with van der Waals surface area (Å²) in [6.45, 7) is 0. The maximum absolute atomic E-state index is 12.0. The van der Waals surface area contributed by atoms with Gasteiger partial charge in [-0.05, 0) is 30.3 Å². The molecule has 7 heteroatoms. The molecule has 0 amide bonds. The molecule has 96 valence electrons. The molecule has 1 aromatic carbocycles. The van der Waals surface area contributed by atoms with Gasteiger partial charge in [0.1, 0.15) is 5.82 Å². The van der Waals surface area contributed by atoms with Crippen molar-refractivity contribution in [3.8, 4) is 0 Å². The molecule has 0 aliphatic carbocycles. The Bertz CT molecular complexity index is 683. The SMILES string of the molecule is CN(C)NS(=O)(=O)c1ccc2nc(N)ccc2c1. The van der Waals surface area contributed by atoms with Crippen molar-refractivity contribution in [3.63, 3.8) is 0 Å². The lowest BCUT2D eigenvalue weighted by molar-refractivity contribution is 0.364. The highest BCUT2D eigenvalue weighted by molar-refractivity contribution is 7.89. The van der Waals surface area contributed by atoms with Crippen molar-refractivity contribution in [1.29, 1.82) is 0 Å². The number of hydrogen-bond acceptors (Lipinski definition) is 5. The van der Waals surface area contributed by atoms with Gasteiger partial charge in [0.25, 0.3) is 10.0 Å². The summed E-state index contributed by atoms with van der Waals surface area (Å²) in [6, 6.07) is 8.08. The van der Waals surface area contributed by atoms with Gasteiger partial charge >= 0.3 is 0 Å². The van der Waals surface area contributed by atoms with Crippen LogP contribution in [0.25, 0.3) is 10.9 Å². The second-order valence-corrected chi connectivity index (χ2v) is 5.74. The molecular formula is C11H14N4O2S. The van der Waals surface area contributed by atoms with Crippen molar-refractivity contribution >= 4 is 26.7 Å². The van der Waals surface area contributed by atoms with Crippen LogP contribution in [0.3, 0.4) is 0 Å². The zero-order valence-electron chi connectivity index (χ0n) is 10.1. The van der Waals surface area contributed by atoms with E-state index in [1.165, 1.54) is 11.1 Å². The molecule has 0 unspecified atom stereocenters. The zero-order valence-corrected chi connectivity index (χ0v) is 10.9. The maximum atomic E-state index is 12.0. The Morgan fingerprint density at radius 1 is 1.22 bits per heavy atom. The highest BCUT2D eigenvalue weighted by Crippen LogP contribution is 2.18. The van der Waals surface area contributed by atoms with Crippen LogP contribution in [0.4, 0.5) is 5.82 Å². The summed E-state index contributed by atoms with van der Waals surface area (Å²) in [5.74, 6) is 0.407. The lowest BCUT2D eigenvalue weighted by Crippen LogP contribution is -2.36. The Labute approximate surface area is 105 Å². The molecule has 2 rings (SSSR count). The number of rotatable bonds is 3. The van der Waals surface area contributed by atoms with Gasteiger partial charge in [-0.1, -0.05) is 0 Å². The third kappa shape index (κ3) is 2.58. The van der Waals surface area contributed by atoms with Gasteiger partial charge in [0, 0.05) is 19.5 Å². The fourth-order valence-corrected chi connectivity index (χ4v) is 2.70. The van der Waals surface area contributed by atoms with Gasteiger partial charge in [-0.25, -0.2) is 18.4 Å². The molecule has 0 fully saturated rings. The predicted octanol–water partition coefficient (Wildman–Crippen LogP) is 0.572. The third-order valence-electron chi connectivity index (χ3n) is 2.30. The van der Waals surface area contributed by atoms with E-state index in [-0.39, 0.29) is 4.90 Å². The number of nitrogen functional groups attached to an aromatic ring is 1. The summed E-state index contributed by atoms with van der Waals surface area (Å²) in [5, 5.41) is 2.10. The van der Waals surface area contributed by atoms with Gasteiger partial charge < -0.3 is 5.73 Å². The van der Waals surface area contributed by atoms with Gasteiger partial charge in [0.2, 0.25) is 0 Å². The summed E-state index contributed by atoms with van der Waals surface area (Å²) in [6.07, 6.45) is 0. The van der Waals surface area contributed by atoms with Crippen LogP contribution in [-0.2, 0) is 10.0 Å². The van der Waals surface area contributed by atoms with E-state index in [1.54, 1.807) is 38.4 Å². The number of nitrogens with one attached hydrogen (secondary N) is 1. The number of hydrogen-bond donors (Lipinski definition) is 2. The Morgan fingerprint density at radius 2 is 1.94 bits per heavy atom. The molecule has 1 heterocycles. The first-order chi connectivity index (χ1) is 8.38. The predicted molar refractivity (Wildman–Crippen MR) is 70.2 cm³/mol. The average molecular weight is 266 g/mol. The van der Waals surface area contributed by atoms with Crippen LogP contribution in [0.1, 0.15) is 0 Å². The van der Waals surface area contributed by atoms with Crippen molar-refractivity contribution < 1.29 is 8.42 Å². The minimum absolute atomic E-state index is 0.190. The van der Waals surface area contributed by atoms with Gasteiger partial charge in [-0.3, -0.25) is 0 Å². The minimum atomic E-state index is -3.54. The highest BCUT2D eigenvalue weighted by Gasteiger charge is 2.15. The number of benzene rings is 1. The number of pyridine rings is 1. The smallest absolute Gasteiger partial charge is 0.253 e. The summed E-state index contributed by atoms with van der Waals surface area (Å²) < 4.78 is 23.9. The zero-order chi connectivity index (χ0) is 13.3. The summed E-state index contributed by atoms with van der Waals surface area (Å²) in [4.78, 5) is 6.67. The first kappa shape index (κ1) is 12.7. The average Bonchev–Trinajstić information content (AvgIpc) is 2.26. The fourth-order valence-electron chi connectivity index (χ4n) is 1.58. The van der Waals surface area contributed by atoms with Crippen LogP contribution in [0.2, 0.25) is 0 Å². The Balaban J connectivity index is 2.51. The second-order valence-electron chi connectivity index (χ2n) is 4.08. The second kappa shape index (κ2) is 4.52. The molecule has 2 aromatic rings.